The standard InChI is InChI=1S/C12H20N2O2S2/c1-10(16)14-11-3-7-18-12(11)9-13-4-8-17-6-2-5-15/h3,7,13,15H,2,4-6,8-9H2,1H3,(H,14,16). The number of rotatable bonds is 9. The van der Waals surface area contributed by atoms with Crippen molar-refractivity contribution >= 4 is 34.7 Å². The van der Waals surface area contributed by atoms with E-state index in [0.29, 0.717) is 0 Å². The Morgan fingerprint density at radius 2 is 2.33 bits per heavy atom. The summed E-state index contributed by atoms with van der Waals surface area (Å²) in [6.45, 7) is 3.52. The molecule has 1 aromatic rings. The molecule has 0 aliphatic carbocycles. The zero-order valence-corrected chi connectivity index (χ0v) is 12.2. The minimum absolute atomic E-state index is 0.0331. The summed E-state index contributed by atoms with van der Waals surface area (Å²) in [5.41, 5.74) is 0.910. The predicted octanol–water partition coefficient (Wildman–Crippen LogP) is 1.91. The van der Waals surface area contributed by atoms with Gasteiger partial charge in [-0.3, -0.25) is 4.79 Å². The van der Waals surface area contributed by atoms with Gasteiger partial charge in [-0.1, -0.05) is 0 Å². The molecule has 0 atom stereocenters. The molecule has 1 amide bonds. The molecule has 0 unspecified atom stereocenters. The number of thiophene rings is 1. The zero-order chi connectivity index (χ0) is 13.2. The summed E-state index contributed by atoms with van der Waals surface area (Å²) in [4.78, 5) is 12.1. The molecule has 0 aromatic carbocycles. The number of anilines is 1. The monoisotopic (exact) mass is 288 g/mol. The number of nitrogens with one attached hydrogen (secondary N) is 2. The highest BCUT2D eigenvalue weighted by Gasteiger charge is 2.04. The average Bonchev–Trinajstić information content (AvgIpc) is 2.75. The van der Waals surface area contributed by atoms with Gasteiger partial charge >= 0.3 is 0 Å². The molecule has 0 saturated carbocycles. The molecule has 1 aromatic heterocycles. The van der Waals surface area contributed by atoms with Crippen LogP contribution in [0.3, 0.4) is 0 Å². The minimum atomic E-state index is -0.0331. The molecule has 1 heterocycles. The molecular formula is C12H20N2O2S2. The lowest BCUT2D eigenvalue weighted by atomic mass is 10.3. The van der Waals surface area contributed by atoms with Gasteiger partial charge in [0.1, 0.15) is 0 Å². The van der Waals surface area contributed by atoms with Gasteiger partial charge in [-0.15, -0.1) is 11.3 Å². The van der Waals surface area contributed by atoms with E-state index in [1.807, 2.05) is 23.2 Å². The van der Waals surface area contributed by atoms with E-state index in [4.69, 9.17) is 5.11 Å². The molecule has 0 aliphatic heterocycles. The number of hydrogen-bond donors (Lipinski definition) is 3. The van der Waals surface area contributed by atoms with Gasteiger partial charge < -0.3 is 15.7 Å². The Hall–Kier alpha value is -0.560. The molecule has 0 aliphatic rings. The second-order valence-electron chi connectivity index (χ2n) is 3.80. The van der Waals surface area contributed by atoms with Gasteiger partial charge in [-0.25, -0.2) is 0 Å². The lowest BCUT2D eigenvalue weighted by Gasteiger charge is -2.06. The zero-order valence-electron chi connectivity index (χ0n) is 10.6. The molecular weight excluding hydrogens is 268 g/mol. The van der Waals surface area contributed by atoms with Crippen molar-refractivity contribution < 1.29 is 9.90 Å². The third-order valence-corrected chi connectivity index (χ3v) is 4.20. The number of aliphatic hydroxyl groups is 1. The second kappa shape index (κ2) is 9.38. The van der Waals surface area contributed by atoms with Crippen LogP contribution in [0.1, 0.15) is 18.2 Å². The number of thioether (sulfide) groups is 1. The van der Waals surface area contributed by atoms with Crippen LogP contribution in [0.4, 0.5) is 5.69 Å². The highest BCUT2D eigenvalue weighted by molar-refractivity contribution is 7.99. The summed E-state index contributed by atoms with van der Waals surface area (Å²) in [6, 6.07) is 1.93. The van der Waals surface area contributed by atoms with Crippen molar-refractivity contribution in [3.63, 3.8) is 0 Å². The van der Waals surface area contributed by atoms with E-state index in [-0.39, 0.29) is 12.5 Å². The van der Waals surface area contributed by atoms with Crippen molar-refractivity contribution in [3.8, 4) is 0 Å². The van der Waals surface area contributed by atoms with E-state index >= 15 is 0 Å². The first-order valence-electron chi connectivity index (χ1n) is 5.97. The summed E-state index contributed by atoms with van der Waals surface area (Å²) in [7, 11) is 0. The molecule has 6 heteroatoms. The maximum Gasteiger partial charge on any atom is 0.221 e. The molecule has 0 fully saturated rings. The van der Waals surface area contributed by atoms with Crippen LogP contribution in [0.5, 0.6) is 0 Å². The molecule has 0 radical (unpaired) electrons. The Morgan fingerprint density at radius 3 is 3.06 bits per heavy atom. The van der Waals surface area contributed by atoms with Crippen molar-refractivity contribution in [3.05, 3.63) is 16.3 Å². The van der Waals surface area contributed by atoms with Gasteiger partial charge in [-0.05, 0) is 23.6 Å². The number of hydrogen-bond acceptors (Lipinski definition) is 5. The van der Waals surface area contributed by atoms with E-state index in [1.54, 1.807) is 11.3 Å². The number of amides is 1. The van der Waals surface area contributed by atoms with E-state index in [0.717, 1.165) is 41.6 Å². The molecule has 18 heavy (non-hydrogen) atoms. The summed E-state index contributed by atoms with van der Waals surface area (Å²) in [5, 5.41) is 16.8. The van der Waals surface area contributed by atoms with Gasteiger partial charge in [0.2, 0.25) is 5.91 Å². The lowest BCUT2D eigenvalue weighted by molar-refractivity contribution is -0.114. The Balaban J connectivity index is 2.15. The quantitative estimate of drug-likeness (QED) is 0.608. The van der Waals surface area contributed by atoms with Crippen LogP contribution in [-0.4, -0.2) is 35.7 Å². The normalized spacial score (nSPS) is 10.6. The van der Waals surface area contributed by atoms with Gasteiger partial charge in [0.15, 0.2) is 0 Å². The average molecular weight is 288 g/mol. The first kappa shape index (κ1) is 15.5. The first-order valence-corrected chi connectivity index (χ1v) is 8.00. The highest BCUT2D eigenvalue weighted by atomic mass is 32.2. The van der Waals surface area contributed by atoms with Gasteiger partial charge in [0.05, 0.1) is 5.69 Å². The largest absolute Gasteiger partial charge is 0.396 e. The third kappa shape index (κ3) is 6.39. The van der Waals surface area contributed by atoms with E-state index in [1.165, 1.54) is 6.92 Å². The van der Waals surface area contributed by atoms with Gasteiger partial charge in [0, 0.05) is 37.3 Å². The fraction of sp³-hybridized carbons (Fsp3) is 0.583. The Kier molecular flexibility index (Phi) is 8.08. The molecule has 0 bridgehead atoms. The SMILES string of the molecule is CC(=O)Nc1ccsc1CNCCSCCCO. The van der Waals surface area contributed by atoms with Crippen LogP contribution < -0.4 is 10.6 Å². The maximum absolute atomic E-state index is 11.0. The first-order chi connectivity index (χ1) is 8.74. The molecule has 1 rings (SSSR count). The summed E-state index contributed by atoms with van der Waals surface area (Å²) in [6.07, 6.45) is 0.863. The van der Waals surface area contributed by atoms with Crippen LogP contribution in [0, 0.1) is 0 Å². The third-order valence-electron chi connectivity index (χ3n) is 2.21. The van der Waals surface area contributed by atoms with Gasteiger partial charge in [0.25, 0.3) is 0 Å². The van der Waals surface area contributed by atoms with E-state index in [9.17, 15) is 4.79 Å². The predicted molar refractivity (Wildman–Crippen MR) is 79.4 cm³/mol. The Bertz CT molecular complexity index is 356. The lowest BCUT2D eigenvalue weighted by Crippen LogP contribution is -2.17. The fourth-order valence-corrected chi connectivity index (χ4v) is 3.02. The van der Waals surface area contributed by atoms with Crippen LogP contribution >= 0.6 is 23.1 Å². The molecule has 4 nitrogen and oxygen atoms in total. The molecule has 0 saturated heterocycles. The van der Waals surface area contributed by atoms with Crippen LogP contribution in [0.25, 0.3) is 0 Å². The second-order valence-corrected chi connectivity index (χ2v) is 6.03. The van der Waals surface area contributed by atoms with Crippen LogP contribution in [-0.2, 0) is 11.3 Å². The number of carbonyl (C=O) groups is 1. The van der Waals surface area contributed by atoms with E-state index in [2.05, 4.69) is 10.6 Å². The fourth-order valence-electron chi connectivity index (χ4n) is 1.39. The molecule has 3 N–H and O–H groups in total. The maximum atomic E-state index is 11.0. The smallest absolute Gasteiger partial charge is 0.221 e. The van der Waals surface area contributed by atoms with Crippen LogP contribution in [0.15, 0.2) is 11.4 Å². The Morgan fingerprint density at radius 1 is 1.50 bits per heavy atom. The number of carbonyl (C=O) groups excluding carboxylic acids is 1. The van der Waals surface area contributed by atoms with Crippen molar-refractivity contribution in [1.29, 1.82) is 0 Å². The van der Waals surface area contributed by atoms with E-state index < -0.39 is 0 Å². The van der Waals surface area contributed by atoms with Gasteiger partial charge in [-0.2, -0.15) is 11.8 Å². The summed E-state index contributed by atoms with van der Waals surface area (Å²) in [5.74, 6) is 2.02. The summed E-state index contributed by atoms with van der Waals surface area (Å²) < 4.78 is 0. The van der Waals surface area contributed by atoms with Crippen molar-refractivity contribution in [2.75, 3.05) is 30.0 Å². The highest BCUT2D eigenvalue weighted by Crippen LogP contribution is 2.21. The number of aliphatic hydroxyl groups excluding tert-OH is 1. The minimum Gasteiger partial charge on any atom is -0.396 e. The van der Waals surface area contributed by atoms with Crippen molar-refractivity contribution in [1.82, 2.24) is 5.32 Å². The summed E-state index contributed by atoms with van der Waals surface area (Å²) >= 11 is 3.49. The topological polar surface area (TPSA) is 61.4 Å². The van der Waals surface area contributed by atoms with Crippen molar-refractivity contribution in [2.24, 2.45) is 0 Å². The van der Waals surface area contributed by atoms with Crippen molar-refractivity contribution in [2.45, 2.75) is 19.9 Å². The van der Waals surface area contributed by atoms with Crippen LogP contribution in [0.2, 0.25) is 0 Å². The molecule has 0 spiro atoms. The Labute approximate surface area is 116 Å². The molecule has 102 valence electrons.